The molecule has 21 heavy (non-hydrogen) atoms. The van der Waals surface area contributed by atoms with Crippen LogP contribution in [0.3, 0.4) is 0 Å². The second-order valence-electron chi connectivity index (χ2n) is 4.29. The fraction of sp³-hybridized carbons (Fsp3) is 0.385. The van der Waals surface area contributed by atoms with Gasteiger partial charge in [0.1, 0.15) is 0 Å². The number of nitrogens with zero attached hydrogens (tertiary/aromatic N) is 1. The van der Waals surface area contributed by atoms with Gasteiger partial charge in [-0.3, -0.25) is 19.7 Å². The molecule has 2 N–H and O–H groups in total. The third kappa shape index (κ3) is 4.16. The molecule has 0 aromatic heterocycles. The van der Waals surface area contributed by atoms with E-state index in [9.17, 15) is 19.7 Å². The number of hydrogen-bond acceptors (Lipinski definition) is 5. The number of carboxylic acids is 1. The summed E-state index contributed by atoms with van der Waals surface area (Å²) in [4.78, 5) is 33.0. The monoisotopic (exact) mass is 296 g/mol. The third-order valence-electron chi connectivity index (χ3n) is 2.71. The largest absolute Gasteiger partial charge is 0.487 e. The highest BCUT2D eigenvalue weighted by Gasteiger charge is 2.23. The van der Waals surface area contributed by atoms with E-state index in [1.165, 1.54) is 25.1 Å². The van der Waals surface area contributed by atoms with Gasteiger partial charge in [-0.1, -0.05) is 13.0 Å². The van der Waals surface area contributed by atoms with Crippen molar-refractivity contribution in [2.24, 2.45) is 5.92 Å². The van der Waals surface area contributed by atoms with Crippen LogP contribution < -0.4 is 10.1 Å². The highest BCUT2D eigenvalue weighted by molar-refractivity contribution is 5.98. The summed E-state index contributed by atoms with van der Waals surface area (Å²) in [5, 5.41) is 22.1. The zero-order chi connectivity index (χ0) is 16.0. The van der Waals surface area contributed by atoms with E-state index in [1.54, 1.807) is 6.92 Å². The van der Waals surface area contributed by atoms with E-state index in [0.717, 1.165) is 0 Å². The van der Waals surface area contributed by atoms with Crippen molar-refractivity contribution < 1.29 is 24.4 Å². The summed E-state index contributed by atoms with van der Waals surface area (Å²) in [5.74, 6) is -2.54. The Morgan fingerprint density at radius 2 is 2.14 bits per heavy atom. The lowest BCUT2D eigenvalue weighted by atomic mass is 10.1. The first-order valence-corrected chi connectivity index (χ1v) is 6.29. The SMILES string of the molecule is CCOc1c(C(=O)NCC(C)C(=O)O)cccc1[N+](=O)[O-]. The molecule has 1 aromatic carbocycles. The molecule has 8 heteroatoms. The van der Waals surface area contributed by atoms with Crippen molar-refractivity contribution in [1.82, 2.24) is 5.32 Å². The van der Waals surface area contributed by atoms with E-state index in [2.05, 4.69) is 5.32 Å². The van der Waals surface area contributed by atoms with Crippen molar-refractivity contribution in [2.75, 3.05) is 13.2 Å². The average Bonchev–Trinajstić information content (AvgIpc) is 2.44. The number of nitro benzene ring substituents is 1. The average molecular weight is 296 g/mol. The number of carbonyl (C=O) groups is 2. The van der Waals surface area contributed by atoms with Crippen LogP contribution in [0.4, 0.5) is 5.69 Å². The van der Waals surface area contributed by atoms with E-state index < -0.39 is 22.7 Å². The first-order valence-electron chi connectivity index (χ1n) is 6.29. The van der Waals surface area contributed by atoms with Crippen molar-refractivity contribution in [1.29, 1.82) is 0 Å². The van der Waals surface area contributed by atoms with Crippen LogP contribution in [-0.4, -0.2) is 35.1 Å². The topological polar surface area (TPSA) is 119 Å². The Balaban J connectivity index is 3.00. The summed E-state index contributed by atoms with van der Waals surface area (Å²) >= 11 is 0. The van der Waals surface area contributed by atoms with Crippen molar-refractivity contribution in [3.8, 4) is 5.75 Å². The molecule has 8 nitrogen and oxygen atoms in total. The summed E-state index contributed by atoms with van der Waals surface area (Å²) in [7, 11) is 0. The standard InChI is InChI=1S/C13H16N2O6/c1-3-21-11-9(5-4-6-10(11)15(19)20)12(16)14-7-8(2)13(17)18/h4-6,8H,3,7H2,1-2H3,(H,14,16)(H,17,18). The molecule has 0 saturated heterocycles. The van der Waals surface area contributed by atoms with Gasteiger partial charge in [0, 0.05) is 12.6 Å². The number of aliphatic carboxylic acids is 1. The first-order chi connectivity index (χ1) is 9.88. The molecule has 0 aliphatic rings. The summed E-state index contributed by atoms with van der Waals surface area (Å²) in [6.07, 6.45) is 0. The number of nitro groups is 1. The van der Waals surface area contributed by atoms with Gasteiger partial charge in [0.15, 0.2) is 0 Å². The number of amides is 1. The molecular formula is C13H16N2O6. The maximum Gasteiger partial charge on any atom is 0.311 e. The van der Waals surface area contributed by atoms with Crippen LogP contribution >= 0.6 is 0 Å². The lowest BCUT2D eigenvalue weighted by Crippen LogP contribution is -2.31. The molecule has 1 atom stereocenters. The summed E-state index contributed by atoms with van der Waals surface area (Å²) < 4.78 is 5.19. The zero-order valence-corrected chi connectivity index (χ0v) is 11.7. The number of carboxylic acid groups (broad SMARTS) is 1. The molecule has 0 heterocycles. The number of hydrogen-bond donors (Lipinski definition) is 2. The first kappa shape index (κ1) is 16.4. The van der Waals surface area contributed by atoms with Gasteiger partial charge in [0.25, 0.3) is 5.91 Å². The highest BCUT2D eigenvalue weighted by Crippen LogP contribution is 2.30. The zero-order valence-electron chi connectivity index (χ0n) is 11.7. The molecule has 1 unspecified atom stereocenters. The van der Waals surface area contributed by atoms with Crippen molar-refractivity contribution in [2.45, 2.75) is 13.8 Å². The smallest absolute Gasteiger partial charge is 0.311 e. The van der Waals surface area contributed by atoms with Gasteiger partial charge >= 0.3 is 11.7 Å². The molecule has 0 bridgehead atoms. The van der Waals surface area contributed by atoms with E-state index in [-0.39, 0.29) is 30.2 Å². The molecule has 0 aliphatic carbocycles. The predicted octanol–water partition coefficient (Wildman–Crippen LogP) is 1.44. The summed E-state index contributed by atoms with van der Waals surface area (Å²) in [5.41, 5.74) is -0.306. The molecule has 1 aromatic rings. The maximum absolute atomic E-state index is 12.0. The van der Waals surface area contributed by atoms with Gasteiger partial charge in [0.2, 0.25) is 5.75 Å². The highest BCUT2D eigenvalue weighted by atomic mass is 16.6. The summed E-state index contributed by atoms with van der Waals surface area (Å²) in [6.45, 7) is 3.17. The van der Waals surface area contributed by atoms with Crippen LogP contribution in [0.2, 0.25) is 0 Å². The van der Waals surface area contributed by atoms with E-state index in [4.69, 9.17) is 9.84 Å². The quantitative estimate of drug-likeness (QED) is 0.580. The van der Waals surface area contributed by atoms with Gasteiger partial charge in [-0.2, -0.15) is 0 Å². The second kappa shape index (κ2) is 7.22. The molecule has 0 spiro atoms. The molecule has 0 radical (unpaired) electrons. The van der Waals surface area contributed by atoms with Gasteiger partial charge in [0.05, 0.1) is 23.0 Å². The van der Waals surface area contributed by atoms with Gasteiger partial charge < -0.3 is 15.2 Å². The lowest BCUT2D eigenvalue weighted by molar-refractivity contribution is -0.385. The van der Waals surface area contributed by atoms with Crippen LogP contribution in [0.25, 0.3) is 0 Å². The molecular weight excluding hydrogens is 280 g/mol. The maximum atomic E-state index is 12.0. The van der Waals surface area contributed by atoms with Crippen LogP contribution in [0.1, 0.15) is 24.2 Å². The van der Waals surface area contributed by atoms with E-state index in [1.807, 2.05) is 0 Å². The number of rotatable bonds is 7. The van der Waals surface area contributed by atoms with Crippen LogP contribution in [-0.2, 0) is 4.79 Å². The van der Waals surface area contributed by atoms with Gasteiger partial charge in [-0.05, 0) is 13.0 Å². The number of para-hydroxylation sites is 1. The second-order valence-corrected chi connectivity index (χ2v) is 4.29. The Kier molecular flexibility index (Phi) is 5.65. The minimum atomic E-state index is -1.04. The van der Waals surface area contributed by atoms with Gasteiger partial charge in [-0.25, -0.2) is 0 Å². The fourth-order valence-electron chi connectivity index (χ4n) is 1.57. The van der Waals surface area contributed by atoms with Crippen molar-refractivity contribution in [3.63, 3.8) is 0 Å². The van der Waals surface area contributed by atoms with Crippen molar-refractivity contribution >= 4 is 17.6 Å². The number of carbonyl (C=O) groups excluding carboxylic acids is 1. The number of ether oxygens (including phenoxy) is 1. The number of benzene rings is 1. The minimum Gasteiger partial charge on any atom is -0.487 e. The Bertz CT molecular complexity index is 558. The molecule has 0 aliphatic heterocycles. The summed E-state index contributed by atoms with van der Waals surface area (Å²) in [6, 6.07) is 4.00. The lowest BCUT2D eigenvalue weighted by Gasteiger charge is -2.12. The molecule has 1 rings (SSSR count). The normalized spacial score (nSPS) is 11.5. The predicted molar refractivity (Wildman–Crippen MR) is 73.4 cm³/mol. The molecule has 0 fully saturated rings. The fourth-order valence-corrected chi connectivity index (χ4v) is 1.57. The van der Waals surface area contributed by atoms with Crippen LogP contribution in [0.5, 0.6) is 5.75 Å². The number of nitrogens with one attached hydrogen (secondary N) is 1. The van der Waals surface area contributed by atoms with Crippen molar-refractivity contribution in [3.05, 3.63) is 33.9 Å². The Morgan fingerprint density at radius 1 is 1.48 bits per heavy atom. The molecule has 1 amide bonds. The van der Waals surface area contributed by atoms with Crippen LogP contribution in [0, 0.1) is 16.0 Å². The Morgan fingerprint density at radius 3 is 2.67 bits per heavy atom. The molecule has 0 saturated carbocycles. The van der Waals surface area contributed by atoms with Gasteiger partial charge in [-0.15, -0.1) is 0 Å². The Labute approximate surface area is 120 Å². The van der Waals surface area contributed by atoms with E-state index >= 15 is 0 Å². The third-order valence-corrected chi connectivity index (χ3v) is 2.71. The van der Waals surface area contributed by atoms with E-state index in [0.29, 0.717) is 0 Å². The molecule has 114 valence electrons. The Hall–Kier alpha value is -2.64. The minimum absolute atomic E-state index is 0.00337. The van der Waals surface area contributed by atoms with Crippen LogP contribution in [0.15, 0.2) is 18.2 Å².